The maximum absolute atomic E-state index is 11.3. The second-order valence-electron chi connectivity index (χ2n) is 4.06. The van der Waals surface area contributed by atoms with Gasteiger partial charge >= 0.3 is 5.97 Å². The van der Waals surface area contributed by atoms with Crippen molar-refractivity contribution in [3.8, 4) is 0 Å². The second-order valence-corrected chi connectivity index (χ2v) is 4.90. The number of rotatable bonds is 6. The number of aromatic nitrogens is 1. The van der Waals surface area contributed by atoms with Crippen LogP contribution in [0.5, 0.6) is 0 Å². The van der Waals surface area contributed by atoms with Crippen LogP contribution in [0, 0.1) is 5.92 Å². The zero-order chi connectivity index (χ0) is 12.8. The molecule has 0 bridgehead atoms. The van der Waals surface area contributed by atoms with Crippen molar-refractivity contribution in [3.63, 3.8) is 0 Å². The Labute approximate surface area is 107 Å². The molecule has 17 heavy (non-hydrogen) atoms. The van der Waals surface area contributed by atoms with Crippen LogP contribution in [-0.2, 0) is 4.74 Å². The molecule has 1 heterocycles. The molecule has 0 aliphatic rings. The first-order chi connectivity index (χ1) is 8.12. The van der Waals surface area contributed by atoms with Crippen LogP contribution in [0.4, 0.5) is 5.13 Å². The van der Waals surface area contributed by atoms with Crippen LogP contribution >= 0.6 is 11.3 Å². The third-order valence-electron chi connectivity index (χ3n) is 2.77. The highest BCUT2D eigenvalue weighted by atomic mass is 32.1. The zero-order valence-electron chi connectivity index (χ0n) is 10.9. The summed E-state index contributed by atoms with van der Waals surface area (Å²) >= 11 is 1.49. The monoisotopic (exact) mass is 256 g/mol. The molecule has 0 N–H and O–H groups in total. The molecule has 0 aliphatic heterocycles. The van der Waals surface area contributed by atoms with Gasteiger partial charge in [-0.1, -0.05) is 20.3 Å². The molecule has 96 valence electrons. The van der Waals surface area contributed by atoms with E-state index in [0.29, 0.717) is 11.6 Å². The van der Waals surface area contributed by atoms with Gasteiger partial charge in [-0.25, -0.2) is 9.78 Å². The minimum atomic E-state index is -0.368. The van der Waals surface area contributed by atoms with Crippen LogP contribution in [0.2, 0.25) is 0 Å². The van der Waals surface area contributed by atoms with Gasteiger partial charge in [0.2, 0.25) is 0 Å². The Morgan fingerprint density at radius 3 is 2.82 bits per heavy atom. The molecule has 0 saturated carbocycles. The van der Waals surface area contributed by atoms with Gasteiger partial charge in [-0.05, 0) is 12.8 Å². The SMILES string of the molecule is CCC(C)CN(CC)c1nc(C(=O)OC)cs1. The van der Waals surface area contributed by atoms with E-state index < -0.39 is 0 Å². The lowest BCUT2D eigenvalue weighted by atomic mass is 10.1. The molecule has 0 amide bonds. The minimum absolute atomic E-state index is 0.368. The Bertz CT molecular complexity index is 365. The summed E-state index contributed by atoms with van der Waals surface area (Å²) in [5.41, 5.74) is 0.398. The number of carbonyl (C=O) groups excluding carboxylic acids is 1. The van der Waals surface area contributed by atoms with Crippen molar-refractivity contribution in [2.75, 3.05) is 25.1 Å². The number of hydrogen-bond donors (Lipinski definition) is 0. The molecule has 5 heteroatoms. The Hall–Kier alpha value is -1.10. The van der Waals surface area contributed by atoms with Crippen LogP contribution in [0.1, 0.15) is 37.7 Å². The Morgan fingerprint density at radius 2 is 2.29 bits per heavy atom. The van der Waals surface area contributed by atoms with Gasteiger partial charge in [0.15, 0.2) is 10.8 Å². The summed E-state index contributed by atoms with van der Waals surface area (Å²) in [6.45, 7) is 8.37. The number of thiazole rings is 1. The van der Waals surface area contributed by atoms with Crippen molar-refractivity contribution in [2.45, 2.75) is 27.2 Å². The smallest absolute Gasteiger partial charge is 0.357 e. The summed E-state index contributed by atoms with van der Waals surface area (Å²) in [6, 6.07) is 0. The normalized spacial score (nSPS) is 12.2. The minimum Gasteiger partial charge on any atom is -0.464 e. The summed E-state index contributed by atoms with van der Waals surface area (Å²) < 4.78 is 4.65. The fraction of sp³-hybridized carbons (Fsp3) is 0.667. The van der Waals surface area contributed by atoms with Crippen molar-refractivity contribution in [1.29, 1.82) is 0 Å². The second kappa shape index (κ2) is 6.59. The molecule has 1 aromatic heterocycles. The van der Waals surface area contributed by atoms with Crippen molar-refractivity contribution in [3.05, 3.63) is 11.1 Å². The highest BCUT2D eigenvalue weighted by Gasteiger charge is 2.15. The molecular weight excluding hydrogens is 236 g/mol. The lowest BCUT2D eigenvalue weighted by molar-refractivity contribution is 0.0595. The highest BCUT2D eigenvalue weighted by Crippen LogP contribution is 2.22. The van der Waals surface area contributed by atoms with Crippen LogP contribution in [0.15, 0.2) is 5.38 Å². The lowest BCUT2D eigenvalue weighted by Crippen LogP contribution is -2.28. The topological polar surface area (TPSA) is 42.4 Å². The molecule has 0 aromatic carbocycles. The van der Waals surface area contributed by atoms with E-state index in [1.807, 2.05) is 0 Å². The Morgan fingerprint density at radius 1 is 1.59 bits per heavy atom. The van der Waals surface area contributed by atoms with E-state index >= 15 is 0 Å². The maximum Gasteiger partial charge on any atom is 0.357 e. The molecule has 1 unspecified atom stereocenters. The van der Waals surface area contributed by atoms with Gasteiger partial charge in [0.05, 0.1) is 7.11 Å². The van der Waals surface area contributed by atoms with Crippen LogP contribution < -0.4 is 4.90 Å². The fourth-order valence-electron chi connectivity index (χ4n) is 1.46. The molecule has 0 fully saturated rings. The van der Waals surface area contributed by atoms with Gasteiger partial charge in [-0.15, -0.1) is 11.3 Å². The predicted molar refractivity (Wildman–Crippen MR) is 70.8 cm³/mol. The molecule has 0 saturated heterocycles. The average Bonchev–Trinajstić information content (AvgIpc) is 2.83. The van der Waals surface area contributed by atoms with Crippen LogP contribution in [0.3, 0.4) is 0 Å². The highest BCUT2D eigenvalue weighted by molar-refractivity contribution is 7.13. The summed E-state index contributed by atoms with van der Waals surface area (Å²) in [7, 11) is 1.37. The van der Waals surface area contributed by atoms with E-state index in [2.05, 4.69) is 35.4 Å². The van der Waals surface area contributed by atoms with Crippen LogP contribution in [-0.4, -0.2) is 31.2 Å². The summed E-state index contributed by atoms with van der Waals surface area (Å²) in [5, 5.41) is 2.65. The van der Waals surface area contributed by atoms with Gasteiger partial charge < -0.3 is 9.64 Å². The van der Waals surface area contributed by atoms with Crippen molar-refractivity contribution in [2.24, 2.45) is 5.92 Å². The predicted octanol–water partition coefficient (Wildman–Crippen LogP) is 2.80. The van der Waals surface area contributed by atoms with Gasteiger partial charge in [0.1, 0.15) is 0 Å². The van der Waals surface area contributed by atoms with Crippen molar-refractivity contribution in [1.82, 2.24) is 4.98 Å². The van der Waals surface area contributed by atoms with E-state index in [1.54, 1.807) is 5.38 Å². The van der Waals surface area contributed by atoms with E-state index in [-0.39, 0.29) is 5.97 Å². The average molecular weight is 256 g/mol. The number of nitrogens with zero attached hydrogens (tertiary/aromatic N) is 2. The number of carbonyl (C=O) groups is 1. The van der Waals surface area contributed by atoms with Gasteiger partial charge in [-0.2, -0.15) is 0 Å². The molecule has 0 aliphatic carbocycles. The Kier molecular flexibility index (Phi) is 5.41. The first-order valence-electron chi connectivity index (χ1n) is 5.91. The lowest BCUT2D eigenvalue weighted by Gasteiger charge is -2.23. The molecule has 1 atom stereocenters. The number of methoxy groups -OCH3 is 1. The van der Waals surface area contributed by atoms with Gasteiger partial charge in [-0.3, -0.25) is 0 Å². The van der Waals surface area contributed by atoms with E-state index in [0.717, 1.165) is 24.6 Å². The quantitative estimate of drug-likeness (QED) is 0.734. The number of esters is 1. The third kappa shape index (κ3) is 3.70. The molecule has 1 rings (SSSR count). The summed E-state index contributed by atoms with van der Waals surface area (Å²) in [6.07, 6.45) is 1.14. The summed E-state index contributed by atoms with van der Waals surface area (Å²) in [4.78, 5) is 17.8. The first-order valence-corrected chi connectivity index (χ1v) is 6.79. The standard InChI is InChI=1S/C12H20N2O2S/c1-5-9(3)7-14(6-2)12-13-10(8-17-12)11(15)16-4/h8-9H,5-7H2,1-4H3. The van der Waals surface area contributed by atoms with E-state index in [4.69, 9.17) is 0 Å². The zero-order valence-corrected chi connectivity index (χ0v) is 11.7. The molecule has 1 aromatic rings. The molecule has 0 spiro atoms. The van der Waals surface area contributed by atoms with Crippen LogP contribution in [0.25, 0.3) is 0 Å². The van der Waals surface area contributed by atoms with E-state index in [1.165, 1.54) is 18.4 Å². The number of hydrogen-bond acceptors (Lipinski definition) is 5. The third-order valence-corrected chi connectivity index (χ3v) is 3.67. The fourth-order valence-corrected chi connectivity index (χ4v) is 2.33. The first kappa shape index (κ1) is 14.0. The number of ether oxygens (including phenoxy) is 1. The largest absolute Gasteiger partial charge is 0.464 e. The summed E-state index contributed by atoms with van der Waals surface area (Å²) in [5.74, 6) is 0.257. The van der Waals surface area contributed by atoms with Crippen molar-refractivity contribution < 1.29 is 9.53 Å². The molecule has 0 radical (unpaired) electrons. The van der Waals surface area contributed by atoms with Gasteiger partial charge in [0.25, 0.3) is 0 Å². The molecule has 4 nitrogen and oxygen atoms in total. The van der Waals surface area contributed by atoms with Gasteiger partial charge in [0, 0.05) is 18.5 Å². The van der Waals surface area contributed by atoms with Crippen molar-refractivity contribution >= 4 is 22.4 Å². The number of anilines is 1. The van der Waals surface area contributed by atoms with E-state index in [9.17, 15) is 4.79 Å². The Balaban J connectivity index is 2.75. The maximum atomic E-state index is 11.3. The molecular formula is C12H20N2O2S.